The van der Waals surface area contributed by atoms with Crippen LogP contribution >= 0.6 is 0 Å². The monoisotopic (exact) mass is 490 g/mol. The van der Waals surface area contributed by atoms with E-state index in [4.69, 9.17) is 4.74 Å². The first-order chi connectivity index (χ1) is 17.5. The molecule has 4 rings (SSSR count). The third-order valence-electron chi connectivity index (χ3n) is 6.63. The molecular weight excluding hydrogens is 455 g/mol. The average Bonchev–Trinajstić information content (AvgIpc) is 2.90. The summed E-state index contributed by atoms with van der Waals surface area (Å²) in [7, 11) is 4.05. The van der Waals surface area contributed by atoms with Crippen molar-refractivity contribution < 1.29 is 13.9 Å². The number of benzene rings is 3. The van der Waals surface area contributed by atoms with Gasteiger partial charge in [0.1, 0.15) is 11.6 Å². The van der Waals surface area contributed by atoms with Crippen molar-refractivity contribution in [3.05, 3.63) is 89.7 Å². The van der Waals surface area contributed by atoms with Crippen molar-refractivity contribution in [2.75, 3.05) is 63.2 Å². The maximum absolute atomic E-state index is 13.4. The SMILES string of the molecule is CCOc1ccccc1C(=O)NC[C@@H](c1ccc(N(C)C)cc1)N1CCN(c2ccc(F)cc2)CC1. The number of ether oxygens (including phenoxy) is 1. The molecule has 0 aliphatic carbocycles. The van der Waals surface area contributed by atoms with Crippen molar-refractivity contribution in [3.63, 3.8) is 0 Å². The summed E-state index contributed by atoms with van der Waals surface area (Å²) in [5.41, 5.74) is 3.87. The summed E-state index contributed by atoms with van der Waals surface area (Å²) in [6.45, 7) is 6.23. The normalized spacial score (nSPS) is 14.8. The fraction of sp³-hybridized carbons (Fsp3) is 0.345. The summed E-state index contributed by atoms with van der Waals surface area (Å²) in [6, 6.07) is 22.6. The molecule has 1 aliphatic rings. The topological polar surface area (TPSA) is 48.1 Å². The van der Waals surface area contributed by atoms with Crippen LogP contribution < -0.4 is 19.9 Å². The number of nitrogens with zero attached hydrogens (tertiary/aromatic N) is 3. The molecule has 1 saturated heterocycles. The summed E-state index contributed by atoms with van der Waals surface area (Å²) in [6.07, 6.45) is 0. The second kappa shape index (κ2) is 11.9. The molecule has 1 fully saturated rings. The summed E-state index contributed by atoms with van der Waals surface area (Å²) in [4.78, 5) is 19.9. The second-order valence-corrected chi connectivity index (χ2v) is 9.14. The summed E-state index contributed by atoms with van der Waals surface area (Å²) < 4.78 is 19.0. The molecule has 1 aliphatic heterocycles. The number of piperazine rings is 1. The lowest BCUT2D eigenvalue weighted by atomic mass is 10.0. The van der Waals surface area contributed by atoms with E-state index in [9.17, 15) is 9.18 Å². The first kappa shape index (κ1) is 25.5. The third kappa shape index (κ3) is 6.15. The molecule has 0 unspecified atom stereocenters. The Morgan fingerprint density at radius 1 is 0.972 bits per heavy atom. The number of anilines is 2. The quantitative estimate of drug-likeness (QED) is 0.476. The zero-order chi connectivity index (χ0) is 25.5. The van der Waals surface area contributed by atoms with Crippen LogP contribution in [-0.2, 0) is 0 Å². The van der Waals surface area contributed by atoms with Gasteiger partial charge in [-0.2, -0.15) is 0 Å². The highest BCUT2D eigenvalue weighted by Crippen LogP contribution is 2.26. The lowest BCUT2D eigenvalue weighted by Gasteiger charge is -2.40. The van der Waals surface area contributed by atoms with Crippen molar-refractivity contribution >= 4 is 17.3 Å². The minimum absolute atomic E-state index is 0.0276. The summed E-state index contributed by atoms with van der Waals surface area (Å²) in [5.74, 6) is 0.233. The first-order valence-corrected chi connectivity index (χ1v) is 12.5. The number of hydrogen-bond acceptors (Lipinski definition) is 5. The molecule has 0 radical (unpaired) electrons. The number of para-hydroxylation sites is 1. The van der Waals surface area contributed by atoms with E-state index in [1.807, 2.05) is 51.4 Å². The van der Waals surface area contributed by atoms with Gasteiger partial charge in [0, 0.05) is 58.2 Å². The van der Waals surface area contributed by atoms with E-state index in [-0.39, 0.29) is 17.8 Å². The molecule has 6 nitrogen and oxygen atoms in total. The number of carbonyl (C=O) groups is 1. The Balaban J connectivity index is 1.49. The molecule has 3 aromatic carbocycles. The maximum atomic E-state index is 13.4. The molecular formula is C29H35FN4O2. The molecule has 7 heteroatoms. The van der Waals surface area contributed by atoms with Gasteiger partial charge in [0.25, 0.3) is 5.91 Å². The van der Waals surface area contributed by atoms with Crippen LogP contribution in [0.4, 0.5) is 15.8 Å². The molecule has 0 aromatic heterocycles. The van der Waals surface area contributed by atoms with Crippen molar-refractivity contribution in [2.24, 2.45) is 0 Å². The smallest absolute Gasteiger partial charge is 0.255 e. The summed E-state index contributed by atoms with van der Waals surface area (Å²) >= 11 is 0. The van der Waals surface area contributed by atoms with Gasteiger partial charge >= 0.3 is 0 Å². The van der Waals surface area contributed by atoms with E-state index in [0.29, 0.717) is 24.5 Å². The molecule has 1 amide bonds. The number of carbonyl (C=O) groups excluding carboxylic acids is 1. The van der Waals surface area contributed by atoms with Crippen molar-refractivity contribution in [1.82, 2.24) is 10.2 Å². The Morgan fingerprint density at radius 3 is 2.28 bits per heavy atom. The average molecular weight is 491 g/mol. The van der Waals surface area contributed by atoms with Gasteiger partial charge in [-0.1, -0.05) is 24.3 Å². The highest BCUT2D eigenvalue weighted by atomic mass is 19.1. The Kier molecular flexibility index (Phi) is 8.44. The van der Waals surface area contributed by atoms with E-state index in [2.05, 4.69) is 44.3 Å². The highest BCUT2D eigenvalue weighted by Gasteiger charge is 2.26. The van der Waals surface area contributed by atoms with Crippen LogP contribution in [0.15, 0.2) is 72.8 Å². The van der Waals surface area contributed by atoms with Crippen molar-refractivity contribution in [3.8, 4) is 5.75 Å². The van der Waals surface area contributed by atoms with Crippen LogP contribution in [0, 0.1) is 5.82 Å². The highest BCUT2D eigenvalue weighted by molar-refractivity contribution is 5.96. The van der Waals surface area contributed by atoms with Crippen LogP contribution in [-0.4, -0.2) is 64.2 Å². The Morgan fingerprint density at radius 2 is 1.64 bits per heavy atom. The van der Waals surface area contributed by atoms with Gasteiger partial charge in [-0.25, -0.2) is 4.39 Å². The van der Waals surface area contributed by atoms with Gasteiger partial charge in [0.2, 0.25) is 0 Å². The number of halogens is 1. The predicted octanol–water partition coefficient (Wildman–Crippen LogP) is 4.58. The van der Waals surface area contributed by atoms with Crippen LogP contribution in [0.1, 0.15) is 28.9 Å². The number of nitrogens with one attached hydrogen (secondary N) is 1. The molecule has 3 aromatic rings. The van der Waals surface area contributed by atoms with Crippen LogP contribution in [0.2, 0.25) is 0 Å². The molecule has 190 valence electrons. The minimum Gasteiger partial charge on any atom is -0.493 e. The van der Waals surface area contributed by atoms with Crippen LogP contribution in [0.25, 0.3) is 0 Å². The van der Waals surface area contributed by atoms with Crippen molar-refractivity contribution in [1.29, 1.82) is 0 Å². The number of hydrogen-bond donors (Lipinski definition) is 1. The molecule has 0 bridgehead atoms. The lowest BCUT2D eigenvalue weighted by Crippen LogP contribution is -2.50. The second-order valence-electron chi connectivity index (χ2n) is 9.14. The standard InChI is InChI=1S/C29H35FN4O2/c1-4-36-28-8-6-5-7-26(28)29(35)31-21-27(22-9-13-24(14-10-22)32(2)3)34-19-17-33(18-20-34)25-15-11-23(30)12-16-25/h5-16,27H,4,17-21H2,1-3H3,(H,31,35)/t27-/m0/s1. The molecule has 36 heavy (non-hydrogen) atoms. The molecule has 1 atom stereocenters. The Bertz CT molecular complexity index is 1130. The Hall–Kier alpha value is -3.58. The van der Waals surface area contributed by atoms with Gasteiger partial charge in [0.15, 0.2) is 0 Å². The predicted molar refractivity (Wildman–Crippen MR) is 144 cm³/mol. The molecule has 1 heterocycles. The van der Waals surface area contributed by atoms with Crippen molar-refractivity contribution in [2.45, 2.75) is 13.0 Å². The van der Waals surface area contributed by atoms with E-state index in [1.165, 1.54) is 12.1 Å². The number of rotatable bonds is 9. The lowest BCUT2D eigenvalue weighted by molar-refractivity contribution is 0.0926. The molecule has 0 spiro atoms. The first-order valence-electron chi connectivity index (χ1n) is 12.5. The van der Waals surface area contributed by atoms with Gasteiger partial charge in [0.05, 0.1) is 18.2 Å². The summed E-state index contributed by atoms with van der Waals surface area (Å²) in [5, 5.41) is 3.15. The molecule has 0 saturated carbocycles. The maximum Gasteiger partial charge on any atom is 0.255 e. The minimum atomic E-state index is -0.222. The zero-order valence-electron chi connectivity index (χ0n) is 21.3. The third-order valence-corrected chi connectivity index (χ3v) is 6.63. The van der Waals surface area contributed by atoms with Crippen LogP contribution in [0.5, 0.6) is 5.75 Å². The van der Waals surface area contributed by atoms with E-state index in [1.54, 1.807) is 6.07 Å². The van der Waals surface area contributed by atoms with Gasteiger partial charge < -0.3 is 19.9 Å². The van der Waals surface area contributed by atoms with E-state index < -0.39 is 0 Å². The fourth-order valence-corrected chi connectivity index (χ4v) is 4.62. The van der Waals surface area contributed by atoms with E-state index in [0.717, 1.165) is 43.1 Å². The number of amides is 1. The zero-order valence-corrected chi connectivity index (χ0v) is 21.3. The molecule has 1 N–H and O–H groups in total. The largest absolute Gasteiger partial charge is 0.493 e. The van der Waals surface area contributed by atoms with Gasteiger partial charge in [-0.05, 0) is 61.0 Å². The Labute approximate surface area is 213 Å². The van der Waals surface area contributed by atoms with Gasteiger partial charge in [-0.3, -0.25) is 9.69 Å². The van der Waals surface area contributed by atoms with Gasteiger partial charge in [-0.15, -0.1) is 0 Å². The van der Waals surface area contributed by atoms with E-state index >= 15 is 0 Å². The van der Waals surface area contributed by atoms with Crippen LogP contribution in [0.3, 0.4) is 0 Å². The fourth-order valence-electron chi connectivity index (χ4n) is 4.62.